The molecule has 158 valence electrons. The maximum Gasteiger partial charge on any atom is 0.234 e. The van der Waals surface area contributed by atoms with Crippen LogP contribution in [0.5, 0.6) is 5.75 Å². The Morgan fingerprint density at radius 1 is 1.30 bits per heavy atom. The van der Waals surface area contributed by atoms with Crippen molar-refractivity contribution in [1.82, 2.24) is 14.8 Å². The molecule has 2 heterocycles. The minimum atomic E-state index is -0.168. The largest absolute Gasteiger partial charge is 0.495 e. The van der Waals surface area contributed by atoms with E-state index >= 15 is 0 Å². The molecule has 2 aromatic heterocycles. The highest BCUT2D eigenvalue weighted by molar-refractivity contribution is 7.99. The highest BCUT2D eigenvalue weighted by Gasteiger charge is 2.25. The van der Waals surface area contributed by atoms with Crippen LogP contribution in [0.1, 0.15) is 38.1 Å². The summed E-state index contributed by atoms with van der Waals surface area (Å²) in [6, 6.07) is 9.15. The van der Waals surface area contributed by atoms with E-state index in [0.717, 1.165) is 18.0 Å². The number of ether oxygens (including phenoxy) is 1. The molecule has 0 unspecified atom stereocenters. The van der Waals surface area contributed by atoms with E-state index in [9.17, 15) is 4.79 Å². The van der Waals surface area contributed by atoms with Crippen LogP contribution in [0.15, 0.2) is 46.2 Å². The Labute approximate surface area is 184 Å². The van der Waals surface area contributed by atoms with Gasteiger partial charge in [0.15, 0.2) is 10.9 Å². The first-order valence-electron chi connectivity index (χ1n) is 9.90. The Hall–Kier alpha value is -2.45. The number of carbonyl (C=O) groups excluding carboxylic acids is 1. The van der Waals surface area contributed by atoms with Crippen molar-refractivity contribution in [2.24, 2.45) is 0 Å². The molecule has 1 saturated carbocycles. The number of nitrogens with zero attached hydrogens (tertiary/aromatic N) is 3. The third-order valence-electron chi connectivity index (χ3n) is 5.11. The van der Waals surface area contributed by atoms with Gasteiger partial charge in [0.25, 0.3) is 0 Å². The van der Waals surface area contributed by atoms with Gasteiger partial charge in [-0.2, -0.15) is 0 Å². The Morgan fingerprint density at radius 2 is 2.13 bits per heavy atom. The topological polar surface area (TPSA) is 82.2 Å². The molecular weight excluding hydrogens is 424 g/mol. The van der Waals surface area contributed by atoms with Crippen molar-refractivity contribution in [3.63, 3.8) is 0 Å². The second kappa shape index (κ2) is 9.57. The minimum absolute atomic E-state index is 0.168. The maximum atomic E-state index is 12.6. The number of nitrogens with one attached hydrogen (secondary N) is 1. The molecule has 0 atom stereocenters. The molecule has 3 aromatic rings. The number of anilines is 1. The normalized spacial score (nSPS) is 14.6. The number of benzene rings is 1. The van der Waals surface area contributed by atoms with Crippen molar-refractivity contribution in [3.8, 4) is 17.3 Å². The average Bonchev–Trinajstić information content (AvgIpc) is 3.43. The van der Waals surface area contributed by atoms with E-state index in [0.29, 0.717) is 34.1 Å². The van der Waals surface area contributed by atoms with E-state index in [4.69, 9.17) is 20.8 Å². The van der Waals surface area contributed by atoms with E-state index in [1.807, 2.05) is 12.1 Å². The van der Waals surface area contributed by atoms with Gasteiger partial charge in [0, 0.05) is 11.1 Å². The molecule has 30 heavy (non-hydrogen) atoms. The molecule has 1 aliphatic carbocycles. The molecule has 1 aliphatic rings. The molecule has 0 spiro atoms. The Kier molecular flexibility index (Phi) is 6.64. The van der Waals surface area contributed by atoms with Crippen LogP contribution in [0.4, 0.5) is 5.69 Å². The van der Waals surface area contributed by atoms with Crippen LogP contribution in [0.25, 0.3) is 11.6 Å². The van der Waals surface area contributed by atoms with Crippen molar-refractivity contribution in [2.45, 2.75) is 43.3 Å². The smallest absolute Gasteiger partial charge is 0.234 e. The molecule has 0 radical (unpaired) electrons. The fourth-order valence-corrected chi connectivity index (χ4v) is 4.69. The number of hydrogen-bond acceptors (Lipinski definition) is 6. The van der Waals surface area contributed by atoms with Crippen molar-refractivity contribution < 1.29 is 13.9 Å². The predicted octanol–water partition coefficient (Wildman–Crippen LogP) is 5.44. The highest BCUT2D eigenvalue weighted by atomic mass is 35.5. The molecule has 0 bridgehead atoms. The molecule has 1 aromatic carbocycles. The summed E-state index contributed by atoms with van der Waals surface area (Å²) in [7, 11) is 1.55. The molecule has 0 aliphatic heterocycles. The van der Waals surface area contributed by atoms with Crippen molar-refractivity contribution >= 4 is 35.0 Å². The summed E-state index contributed by atoms with van der Waals surface area (Å²) in [5, 5.41) is 12.8. The summed E-state index contributed by atoms with van der Waals surface area (Å²) in [6.07, 6.45) is 7.39. The maximum absolute atomic E-state index is 12.6. The highest BCUT2D eigenvalue weighted by Crippen LogP contribution is 2.36. The quantitative estimate of drug-likeness (QED) is 0.487. The minimum Gasteiger partial charge on any atom is -0.495 e. The second-order valence-corrected chi connectivity index (χ2v) is 8.51. The number of thioether (sulfide) groups is 1. The summed E-state index contributed by atoms with van der Waals surface area (Å²) in [4.78, 5) is 12.6. The Balaban J connectivity index is 1.50. The lowest BCUT2D eigenvalue weighted by Crippen LogP contribution is -2.17. The number of amides is 1. The van der Waals surface area contributed by atoms with E-state index in [1.165, 1.54) is 31.0 Å². The van der Waals surface area contributed by atoms with E-state index in [-0.39, 0.29) is 11.7 Å². The number of furan rings is 1. The van der Waals surface area contributed by atoms with E-state index < -0.39 is 0 Å². The number of rotatable bonds is 7. The number of hydrogen-bond donors (Lipinski definition) is 1. The molecule has 7 nitrogen and oxygen atoms in total. The SMILES string of the molecule is COc1ccc(Cl)cc1NC(=O)CSc1nnc(-c2ccco2)n1C1CCCCC1. The first kappa shape index (κ1) is 20.8. The van der Waals surface area contributed by atoms with Gasteiger partial charge in [-0.1, -0.05) is 42.6 Å². The van der Waals surface area contributed by atoms with Crippen molar-refractivity contribution in [2.75, 3.05) is 18.2 Å². The number of halogens is 1. The number of methoxy groups -OCH3 is 1. The van der Waals surface area contributed by atoms with Crippen LogP contribution in [-0.2, 0) is 4.79 Å². The van der Waals surface area contributed by atoms with Gasteiger partial charge in [-0.25, -0.2) is 0 Å². The third-order valence-corrected chi connectivity index (χ3v) is 6.29. The van der Waals surface area contributed by atoms with Crippen LogP contribution < -0.4 is 10.1 Å². The third kappa shape index (κ3) is 4.65. The fourth-order valence-electron chi connectivity index (χ4n) is 3.71. The summed E-state index contributed by atoms with van der Waals surface area (Å²) in [5.74, 6) is 1.99. The van der Waals surface area contributed by atoms with Crippen LogP contribution >= 0.6 is 23.4 Å². The second-order valence-electron chi connectivity index (χ2n) is 7.13. The molecule has 1 fully saturated rings. The Morgan fingerprint density at radius 3 is 2.87 bits per heavy atom. The van der Waals surface area contributed by atoms with Crippen LogP contribution in [0.2, 0.25) is 5.02 Å². The van der Waals surface area contributed by atoms with Crippen LogP contribution in [0.3, 0.4) is 0 Å². The van der Waals surface area contributed by atoms with Gasteiger partial charge in [-0.15, -0.1) is 10.2 Å². The van der Waals surface area contributed by atoms with Gasteiger partial charge in [0.1, 0.15) is 5.75 Å². The first-order valence-corrected chi connectivity index (χ1v) is 11.3. The van der Waals surface area contributed by atoms with Gasteiger partial charge in [-0.3, -0.25) is 9.36 Å². The first-order chi connectivity index (χ1) is 14.7. The molecule has 4 rings (SSSR count). The zero-order chi connectivity index (χ0) is 20.9. The predicted molar refractivity (Wildman–Crippen MR) is 117 cm³/mol. The van der Waals surface area contributed by atoms with Crippen LogP contribution in [-0.4, -0.2) is 33.5 Å². The molecule has 9 heteroatoms. The Bertz CT molecular complexity index is 1000. The van der Waals surface area contributed by atoms with Gasteiger partial charge in [0.2, 0.25) is 11.7 Å². The van der Waals surface area contributed by atoms with Gasteiger partial charge >= 0.3 is 0 Å². The summed E-state index contributed by atoms with van der Waals surface area (Å²) >= 11 is 7.41. The lowest BCUT2D eigenvalue weighted by Gasteiger charge is -2.25. The van der Waals surface area contributed by atoms with Crippen LogP contribution in [0, 0.1) is 0 Å². The molecule has 1 N–H and O–H groups in total. The zero-order valence-corrected chi connectivity index (χ0v) is 18.2. The van der Waals surface area contributed by atoms with Gasteiger partial charge < -0.3 is 14.5 Å². The van der Waals surface area contributed by atoms with Gasteiger partial charge in [-0.05, 0) is 43.2 Å². The monoisotopic (exact) mass is 446 g/mol. The average molecular weight is 447 g/mol. The number of aromatic nitrogens is 3. The fraction of sp³-hybridized carbons (Fsp3) is 0.381. The molecule has 0 saturated heterocycles. The van der Waals surface area contributed by atoms with E-state index in [1.54, 1.807) is 31.6 Å². The van der Waals surface area contributed by atoms with Gasteiger partial charge in [0.05, 0.1) is 24.8 Å². The lowest BCUT2D eigenvalue weighted by atomic mass is 9.95. The summed E-state index contributed by atoms with van der Waals surface area (Å²) < 4.78 is 13.0. The van der Waals surface area contributed by atoms with Crippen molar-refractivity contribution in [1.29, 1.82) is 0 Å². The summed E-state index contributed by atoms with van der Waals surface area (Å²) in [5.41, 5.74) is 0.542. The van der Waals surface area contributed by atoms with E-state index in [2.05, 4.69) is 20.1 Å². The molecule has 1 amide bonds. The zero-order valence-electron chi connectivity index (χ0n) is 16.6. The standard InChI is InChI=1S/C21H23ClN4O3S/c1-28-17-10-9-14(22)12-16(17)23-19(27)13-30-21-25-24-20(18-8-5-11-29-18)26(21)15-6-3-2-4-7-15/h5,8-12,15H,2-4,6-7,13H2,1H3,(H,23,27). The summed E-state index contributed by atoms with van der Waals surface area (Å²) in [6.45, 7) is 0. The van der Waals surface area contributed by atoms with Crippen molar-refractivity contribution in [3.05, 3.63) is 41.6 Å². The molecular formula is C21H23ClN4O3S. The lowest BCUT2D eigenvalue weighted by molar-refractivity contribution is -0.113. The number of carbonyl (C=O) groups is 1.